The van der Waals surface area contributed by atoms with Gasteiger partial charge in [-0.2, -0.15) is 15.0 Å². The van der Waals surface area contributed by atoms with Crippen LogP contribution >= 0.6 is 0 Å². The zero-order chi connectivity index (χ0) is 18.5. The molecule has 1 aliphatic rings. The number of nitrogens with one attached hydrogen (secondary N) is 1. The van der Waals surface area contributed by atoms with Gasteiger partial charge in [-0.15, -0.1) is 0 Å². The number of carbonyl (C=O) groups excluding carboxylic acids is 1. The van der Waals surface area contributed by atoms with E-state index in [0.717, 1.165) is 25.9 Å². The van der Waals surface area contributed by atoms with E-state index in [-0.39, 0.29) is 18.3 Å². The number of halogens is 1. The minimum absolute atomic E-state index is 0.181. The van der Waals surface area contributed by atoms with Crippen molar-refractivity contribution in [2.75, 3.05) is 37.0 Å². The molecule has 7 nitrogen and oxygen atoms in total. The van der Waals surface area contributed by atoms with Crippen LogP contribution in [0.3, 0.4) is 0 Å². The lowest BCUT2D eigenvalue weighted by Gasteiger charge is -2.27. The van der Waals surface area contributed by atoms with Gasteiger partial charge in [0.15, 0.2) is 5.82 Å². The predicted molar refractivity (Wildman–Crippen MR) is 97.8 cm³/mol. The molecule has 0 bridgehead atoms. The number of carbonyl (C=O) groups is 1. The van der Waals surface area contributed by atoms with Crippen molar-refractivity contribution in [2.24, 2.45) is 0 Å². The minimum atomic E-state index is -0.374. The molecule has 1 aromatic carbocycles. The Balaban J connectivity index is 1.74. The van der Waals surface area contributed by atoms with Crippen molar-refractivity contribution in [2.45, 2.75) is 25.8 Å². The lowest BCUT2D eigenvalue weighted by Crippen LogP contribution is -2.32. The van der Waals surface area contributed by atoms with Crippen LogP contribution in [0.1, 0.15) is 35.4 Å². The Kier molecular flexibility index (Phi) is 5.60. The van der Waals surface area contributed by atoms with Crippen LogP contribution in [0.4, 0.5) is 16.3 Å². The molecule has 2 heterocycles. The molecule has 0 saturated carbocycles. The van der Waals surface area contributed by atoms with Crippen molar-refractivity contribution in [3.05, 3.63) is 41.5 Å². The van der Waals surface area contributed by atoms with Gasteiger partial charge >= 0.3 is 0 Å². The van der Waals surface area contributed by atoms with E-state index in [0.29, 0.717) is 23.3 Å². The second-order valence-corrected chi connectivity index (χ2v) is 6.48. The van der Waals surface area contributed by atoms with Gasteiger partial charge in [-0.05, 0) is 43.5 Å². The Morgan fingerprint density at radius 3 is 2.46 bits per heavy atom. The highest BCUT2D eigenvalue weighted by atomic mass is 19.1. The molecule has 2 aromatic rings. The van der Waals surface area contributed by atoms with Gasteiger partial charge in [0.25, 0.3) is 5.91 Å². The Labute approximate surface area is 152 Å². The molecular formula is C18H23FN6O. The first kappa shape index (κ1) is 18.0. The fourth-order valence-corrected chi connectivity index (χ4v) is 2.77. The summed E-state index contributed by atoms with van der Waals surface area (Å²) in [4.78, 5) is 29.6. The third kappa shape index (κ3) is 4.44. The Morgan fingerprint density at radius 1 is 1.12 bits per heavy atom. The van der Waals surface area contributed by atoms with Crippen LogP contribution in [0.2, 0.25) is 0 Å². The molecule has 1 aliphatic heterocycles. The van der Waals surface area contributed by atoms with Gasteiger partial charge in [-0.1, -0.05) is 0 Å². The molecule has 1 amide bonds. The molecule has 1 N–H and O–H groups in total. The molecule has 3 rings (SSSR count). The summed E-state index contributed by atoms with van der Waals surface area (Å²) in [6.07, 6.45) is 3.47. The lowest BCUT2D eigenvalue weighted by molar-refractivity contribution is 0.0950. The van der Waals surface area contributed by atoms with E-state index in [1.807, 2.05) is 19.0 Å². The number of anilines is 2. The van der Waals surface area contributed by atoms with E-state index < -0.39 is 0 Å². The van der Waals surface area contributed by atoms with Crippen LogP contribution in [0.25, 0.3) is 0 Å². The number of amides is 1. The van der Waals surface area contributed by atoms with Crippen molar-refractivity contribution in [1.29, 1.82) is 0 Å². The normalized spacial score (nSPS) is 14.2. The molecule has 8 heteroatoms. The predicted octanol–water partition coefficient (Wildman–Crippen LogP) is 2.00. The van der Waals surface area contributed by atoms with E-state index in [4.69, 9.17) is 0 Å². The van der Waals surface area contributed by atoms with E-state index in [2.05, 4.69) is 25.2 Å². The highest BCUT2D eigenvalue weighted by Gasteiger charge is 2.17. The smallest absolute Gasteiger partial charge is 0.251 e. The summed E-state index contributed by atoms with van der Waals surface area (Å²) < 4.78 is 13.0. The van der Waals surface area contributed by atoms with Crippen LogP contribution in [-0.4, -0.2) is 48.0 Å². The molecule has 0 aliphatic carbocycles. The van der Waals surface area contributed by atoms with Crippen LogP contribution in [0.15, 0.2) is 24.3 Å². The summed E-state index contributed by atoms with van der Waals surface area (Å²) in [5.74, 6) is 1.04. The minimum Gasteiger partial charge on any atom is -0.347 e. The highest BCUT2D eigenvalue weighted by Crippen LogP contribution is 2.18. The maximum absolute atomic E-state index is 13.0. The largest absolute Gasteiger partial charge is 0.347 e. The number of hydrogen-bond acceptors (Lipinski definition) is 6. The maximum atomic E-state index is 13.0. The summed E-state index contributed by atoms with van der Waals surface area (Å²) in [6, 6.07) is 5.41. The fraction of sp³-hybridized carbons (Fsp3) is 0.444. The van der Waals surface area contributed by atoms with Crippen molar-refractivity contribution in [3.8, 4) is 0 Å². The van der Waals surface area contributed by atoms with Gasteiger partial charge in [0.1, 0.15) is 5.82 Å². The van der Waals surface area contributed by atoms with Gasteiger partial charge < -0.3 is 15.1 Å². The zero-order valence-electron chi connectivity index (χ0n) is 15.1. The second-order valence-electron chi connectivity index (χ2n) is 6.48. The summed E-state index contributed by atoms with van der Waals surface area (Å²) >= 11 is 0. The number of aromatic nitrogens is 3. The Bertz CT molecular complexity index is 759. The molecule has 0 unspecified atom stereocenters. The molecule has 1 aromatic heterocycles. The fourth-order valence-electron chi connectivity index (χ4n) is 2.77. The third-order valence-electron chi connectivity index (χ3n) is 4.21. The number of piperidine rings is 1. The van der Waals surface area contributed by atoms with E-state index in [1.54, 1.807) is 0 Å². The summed E-state index contributed by atoms with van der Waals surface area (Å²) in [6.45, 7) is 2.04. The average Bonchev–Trinajstić information content (AvgIpc) is 2.67. The van der Waals surface area contributed by atoms with E-state index >= 15 is 0 Å². The molecule has 0 spiro atoms. The first-order valence-electron chi connectivity index (χ1n) is 8.74. The third-order valence-corrected chi connectivity index (χ3v) is 4.21. The van der Waals surface area contributed by atoms with Crippen LogP contribution in [-0.2, 0) is 6.54 Å². The van der Waals surface area contributed by atoms with Crippen molar-refractivity contribution >= 4 is 17.8 Å². The Morgan fingerprint density at radius 2 is 1.81 bits per heavy atom. The maximum Gasteiger partial charge on any atom is 0.251 e. The Hall–Kier alpha value is -2.77. The van der Waals surface area contributed by atoms with Crippen LogP contribution in [0.5, 0.6) is 0 Å². The van der Waals surface area contributed by atoms with E-state index in [9.17, 15) is 9.18 Å². The van der Waals surface area contributed by atoms with Gasteiger partial charge in [0.05, 0.1) is 6.54 Å². The molecular weight excluding hydrogens is 335 g/mol. The average molecular weight is 358 g/mol. The van der Waals surface area contributed by atoms with Crippen molar-refractivity contribution in [1.82, 2.24) is 20.3 Å². The molecule has 1 fully saturated rings. The van der Waals surface area contributed by atoms with Crippen LogP contribution in [0, 0.1) is 5.82 Å². The topological polar surface area (TPSA) is 74.2 Å². The van der Waals surface area contributed by atoms with Gasteiger partial charge in [-0.3, -0.25) is 4.79 Å². The highest BCUT2D eigenvalue weighted by molar-refractivity contribution is 5.94. The number of benzene rings is 1. The first-order valence-corrected chi connectivity index (χ1v) is 8.74. The standard InChI is InChI=1S/C18H23FN6O/c1-24(2)17-21-15(22-18(23-17)25-10-4-3-5-11-25)12-20-16(26)13-6-8-14(19)9-7-13/h6-9H,3-5,10-12H2,1-2H3,(H,20,26). The zero-order valence-corrected chi connectivity index (χ0v) is 15.1. The SMILES string of the molecule is CN(C)c1nc(CNC(=O)c2ccc(F)cc2)nc(N2CCCCC2)n1. The molecule has 26 heavy (non-hydrogen) atoms. The van der Waals surface area contributed by atoms with E-state index in [1.165, 1.54) is 30.7 Å². The lowest BCUT2D eigenvalue weighted by atomic mass is 10.1. The van der Waals surface area contributed by atoms with Gasteiger partial charge in [0.2, 0.25) is 11.9 Å². The van der Waals surface area contributed by atoms with Crippen LogP contribution < -0.4 is 15.1 Å². The van der Waals surface area contributed by atoms with Gasteiger partial charge in [-0.25, -0.2) is 4.39 Å². The summed E-state index contributed by atoms with van der Waals surface area (Å²) in [5, 5.41) is 2.78. The van der Waals surface area contributed by atoms with Gasteiger partial charge in [0, 0.05) is 32.7 Å². The summed E-state index contributed by atoms with van der Waals surface area (Å²) in [5.41, 5.74) is 0.393. The number of rotatable bonds is 5. The first-order chi connectivity index (χ1) is 12.5. The molecule has 0 radical (unpaired) electrons. The summed E-state index contributed by atoms with van der Waals surface area (Å²) in [7, 11) is 3.74. The number of hydrogen-bond donors (Lipinski definition) is 1. The van der Waals surface area contributed by atoms with Crippen molar-refractivity contribution < 1.29 is 9.18 Å². The number of nitrogens with zero attached hydrogens (tertiary/aromatic N) is 5. The second kappa shape index (κ2) is 8.07. The monoisotopic (exact) mass is 358 g/mol. The molecule has 138 valence electrons. The molecule has 0 atom stereocenters. The quantitative estimate of drug-likeness (QED) is 0.881. The molecule has 1 saturated heterocycles. The van der Waals surface area contributed by atoms with Crippen molar-refractivity contribution in [3.63, 3.8) is 0 Å².